The fraction of sp³-hybridized carbons (Fsp3) is 0.273. The molecule has 0 aliphatic heterocycles. The molecule has 1 atom stereocenters. The number of carboxylic acid groups (broad SMARTS) is 1. The molecule has 1 aromatic heterocycles. The van der Waals surface area contributed by atoms with Crippen molar-refractivity contribution in [3.05, 3.63) is 59.9 Å². The van der Waals surface area contributed by atoms with Crippen LogP contribution in [0.2, 0.25) is 0 Å². The number of carboxylic acids is 1. The lowest BCUT2D eigenvalue weighted by atomic mass is 10.2. The number of benzene rings is 2. The third-order valence-electron chi connectivity index (χ3n) is 4.50. The average molecular weight is 413 g/mol. The van der Waals surface area contributed by atoms with Gasteiger partial charge in [0.05, 0.1) is 20.8 Å². The van der Waals surface area contributed by atoms with Crippen molar-refractivity contribution in [1.29, 1.82) is 0 Å². The molecule has 0 radical (unpaired) electrons. The summed E-state index contributed by atoms with van der Waals surface area (Å²) >= 11 is 0. The van der Waals surface area contributed by atoms with Crippen molar-refractivity contribution in [2.24, 2.45) is 0 Å². The monoisotopic (exact) mass is 413 g/mol. The number of methoxy groups -OCH3 is 2. The van der Waals surface area contributed by atoms with E-state index >= 15 is 0 Å². The minimum atomic E-state index is -1.15. The number of carbonyl (C=O) groups excluding carboxylic acids is 1. The molecule has 8 heteroatoms. The minimum Gasteiger partial charge on any atom is -0.497 e. The van der Waals surface area contributed by atoms with Crippen LogP contribution in [0.5, 0.6) is 11.5 Å². The Morgan fingerprint density at radius 2 is 1.83 bits per heavy atom. The minimum absolute atomic E-state index is 0.0294. The zero-order chi connectivity index (χ0) is 21.5. The largest absolute Gasteiger partial charge is 0.497 e. The Bertz CT molecular complexity index is 1030. The third-order valence-corrected chi connectivity index (χ3v) is 4.50. The SMILES string of the molecule is COc1cccc(COCCC(NC(=O)c2cc3cc(OC)ccc3o2)C(=O)O)c1. The molecule has 0 spiro atoms. The molecule has 158 valence electrons. The van der Waals surface area contributed by atoms with Crippen molar-refractivity contribution in [2.45, 2.75) is 19.1 Å². The van der Waals surface area contributed by atoms with Gasteiger partial charge in [0.1, 0.15) is 23.1 Å². The first kappa shape index (κ1) is 21.2. The van der Waals surface area contributed by atoms with Gasteiger partial charge in [-0.15, -0.1) is 0 Å². The second kappa shape index (κ2) is 9.80. The summed E-state index contributed by atoms with van der Waals surface area (Å²) < 4.78 is 21.4. The number of ether oxygens (including phenoxy) is 3. The predicted molar refractivity (Wildman–Crippen MR) is 109 cm³/mol. The second-order valence-corrected chi connectivity index (χ2v) is 6.57. The van der Waals surface area contributed by atoms with E-state index in [0.717, 1.165) is 11.3 Å². The molecular formula is C22H23NO7. The highest BCUT2D eigenvalue weighted by molar-refractivity contribution is 5.98. The molecule has 0 aliphatic carbocycles. The quantitative estimate of drug-likeness (QED) is 0.491. The zero-order valence-corrected chi connectivity index (χ0v) is 16.7. The Balaban J connectivity index is 1.55. The number of rotatable bonds is 10. The molecule has 1 amide bonds. The number of hydrogen-bond acceptors (Lipinski definition) is 6. The van der Waals surface area contributed by atoms with Gasteiger partial charge in [-0.1, -0.05) is 12.1 Å². The van der Waals surface area contributed by atoms with Crippen molar-refractivity contribution in [1.82, 2.24) is 5.32 Å². The van der Waals surface area contributed by atoms with E-state index in [0.29, 0.717) is 23.3 Å². The first-order valence-corrected chi connectivity index (χ1v) is 9.32. The van der Waals surface area contributed by atoms with Crippen molar-refractivity contribution < 1.29 is 33.3 Å². The fourth-order valence-electron chi connectivity index (χ4n) is 2.90. The van der Waals surface area contributed by atoms with Gasteiger partial charge in [-0.2, -0.15) is 0 Å². The first-order valence-electron chi connectivity index (χ1n) is 9.32. The van der Waals surface area contributed by atoms with Crippen LogP contribution in [0.1, 0.15) is 22.5 Å². The van der Waals surface area contributed by atoms with Crippen LogP contribution in [0.25, 0.3) is 11.0 Å². The first-order chi connectivity index (χ1) is 14.5. The van der Waals surface area contributed by atoms with E-state index in [1.54, 1.807) is 38.5 Å². The highest BCUT2D eigenvalue weighted by Gasteiger charge is 2.22. The van der Waals surface area contributed by atoms with E-state index in [9.17, 15) is 14.7 Å². The van der Waals surface area contributed by atoms with Gasteiger partial charge in [-0.3, -0.25) is 4.79 Å². The number of fused-ring (bicyclic) bond motifs is 1. The molecule has 0 aliphatic rings. The lowest BCUT2D eigenvalue weighted by Gasteiger charge is -2.14. The Labute approximate surface area is 173 Å². The van der Waals surface area contributed by atoms with Gasteiger partial charge in [0.15, 0.2) is 5.76 Å². The van der Waals surface area contributed by atoms with Crippen LogP contribution >= 0.6 is 0 Å². The molecule has 30 heavy (non-hydrogen) atoms. The summed E-state index contributed by atoms with van der Waals surface area (Å²) in [6.07, 6.45) is 0.110. The van der Waals surface area contributed by atoms with Gasteiger partial charge in [0, 0.05) is 18.4 Å². The van der Waals surface area contributed by atoms with Gasteiger partial charge in [-0.25, -0.2) is 4.79 Å². The summed E-state index contributed by atoms with van der Waals surface area (Å²) in [6.45, 7) is 0.467. The standard InChI is InChI=1S/C22H23NO7/c1-27-16-5-3-4-14(10-16)13-29-9-8-18(22(25)26)23-21(24)20-12-15-11-17(28-2)6-7-19(15)30-20/h3-7,10-12,18H,8-9,13H2,1-2H3,(H,23,24)(H,25,26). The van der Waals surface area contributed by atoms with E-state index in [2.05, 4.69) is 5.32 Å². The van der Waals surface area contributed by atoms with E-state index in [1.807, 2.05) is 24.3 Å². The molecule has 0 saturated heterocycles. The van der Waals surface area contributed by atoms with Crippen molar-refractivity contribution in [3.8, 4) is 11.5 Å². The third kappa shape index (κ3) is 5.30. The average Bonchev–Trinajstić information content (AvgIpc) is 3.19. The van der Waals surface area contributed by atoms with E-state index in [4.69, 9.17) is 18.6 Å². The van der Waals surface area contributed by atoms with Gasteiger partial charge in [-0.05, 0) is 42.0 Å². The van der Waals surface area contributed by atoms with Crippen LogP contribution < -0.4 is 14.8 Å². The number of aliphatic carboxylic acids is 1. The molecule has 0 saturated carbocycles. The molecule has 0 fully saturated rings. The number of amides is 1. The number of carbonyl (C=O) groups is 2. The molecule has 3 rings (SSSR count). The van der Waals surface area contributed by atoms with E-state index in [-0.39, 0.29) is 18.8 Å². The maximum absolute atomic E-state index is 12.5. The molecule has 2 aromatic carbocycles. The van der Waals surface area contributed by atoms with Gasteiger partial charge in [0.2, 0.25) is 0 Å². The summed E-state index contributed by atoms with van der Waals surface area (Å²) in [6, 6.07) is 13.0. The molecule has 1 heterocycles. The van der Waals surface area contributed by atoms with Crippen LogP contribution in [-0.2, 0) is 16.1 Å². The smallest absolute Gasteiger partial charge is 0.326 e. The Morgan fingerprint density at radius 1 is 1.07 bits per heavy atom. The van der Waals surface area contributed by atoms with Crippen molar-refractivity contribution in [2.75, 3.05) is 20.8 Å². The number of hydrogen-bond donors (Lipinski definition) is 2. The fourth-order valence-corrected chi connectivity index (χ4v) is 2.90. The molecule has 8 nitrogen and oxygen atoms in total. The summed E-state index contributed by atoms with van der Waals surface area (Å²) in [5.41, 5.74) is 1.41. The summed E-state index contributed by atoms with van der Waals surface area (Å²) in [5, 5.41) is 12.6. The van der Waals surface area contributed by atoms with Gasteiger partial charge < -0.3 is 29.1 Å². The van der Waals surface area contributed by atoms with Crippen LogP contribution in [0.4, 0.5) is 0 Å². The Kier molecular flexibility index (Phi) is 6.92. The topological polar surface area (TPSA) is 107 Å². The molecule has 2 N–H and O–H groups in total. The molecule has 0 bridgehead atoms. The predicted octanol–water partition coefficient (Wildman–Crippen LogP) is 3.24. The van der Waals surface area contributed by atoms with Crippen molar-refractivity contribution >= 4 is 22.8 Å². The van der Waals surface area contributed by atoms with Crippen LogP contribution in [0, 0.1) is 0 Å². The Morgan fingerprint density at radius 3 is 2.57 bits per heavy atom. The van der Waals surface area contributed by atoms with E-state index < -0.39 is 17.9 Å². The molecular weight excluding hydrogens is 390 g/mol. The lowest BCUT2D eigenvalue weighted by molar-refractivity contribution is -0.139. The number of nitrogens with one attached hydrogen (secondary N) is 1. The van der Waals surface area contributed by atoms with Crippen molar-refractivity contribution in [3.63, 3.8) is 0 Å². The number of furan rings is 1. The normalized spacial score (nSPS) is 11.8. The molecule has 3 aromatic rings. The summed E-state index contributed by atoms with van der Waals surface area (Å²) in [7, 11) is 3.13. The summed E-state index contributed by atoms with van der Waals surface area (Å²) in [4.78, 5) is 24.0. The zero-order valence-electron chi connectivity index (χ0n) is 16.7. The van der Waals surface area contributed by atoms with Gasteiger partial charge >= 0.3 is 5.97 Å². The second-order valence-electron chi connectivity index (χ2n) is 6.57. The van der Waals surface area contributed by atoms with Crippen LogP contribution in [-0.4, -0.2) is 43.9 Å². The highest BCUT2D eigenvalue weighted by atomic mass is 16.5. The summed E-state index contributed by atoms with van der Waals surface area (Å²) in [5.74, 6) is -0.375. The highest BCUT2D eigenvalue weighted by Crippen LogP contribution is 2.24. The maximum Gasteiger partial charge on any atom is 0.326 e. The maximum atomic E-state index is 12.5. The van der Waals surface area contributed by atoms with Crippen LogP contribution in [0.3, 0.4) is 0 Å². The Hall–Kier alpha value is -3.52. The van der Waals surface area contributed by atoms with Crippen LogP contribution in [0.15, 0.2) is 52.9 Å². The lowest BCUT2D eigenvalue weighted by Crippen LogP contribution is -2.41. The molecule has 1 unspecified atom stereocenters. The van der Waals surface area contributed by atoms with Gasteiger partial charge in [0.25, 0.3) is 5.91 Å². The van der Waals surface area contributed by atoms with E-state index in [1.165, 1.54) is 0 Å².